The number of amides is 1. The lowest BCUT2D eigenvalue weighted by atomic mass is 10.00. The van der Waals surface area contributed by atoms with Gasteiger partial charge in [-0.05, 0) is 32.0 Å². The summed E-state index contributed by atoms with van der Waals surface area (Å²) < 4.78 is 68.7. The normalized spacial score (nSPS) is 20.7. The standard InChI is InChI=1S/C27H28ClF4N5O4/c1-14-11-37(26(38)39)15(2)10-36(14)24-16-9-17(28)20(21-18(29)5-4-6-19(21)40-3)22(30)23(16)33-25(34-24)41-8-7-35-12-27(31,32)13-35/h4-6,9,14-15H,7-8,10-13H2,1-3H3,(H,38,39)/t14-,15+/m0/s1. The Balaban J connectivity index is 1.60. The number of hydrogen-bond donors (Lipinski definition) is 1. The molecule has 41 heavy (non-hydrogen) atoms. The van der Waals surface area contributed by atoms with Gasteiger partial charge >= 0.3 is 12.1 Å². The Hall–Kier alpha value is -3.58. The second kappa shape index (κ2) is 11.0. The zero-order valence-electron chi connectivity index (χ0n) is 22.5. The SMILES string of the molecule is COc1cccc(F)c1-c1c(Cl)cc2c(N3C[C@@H](C)N(C(=O)O)C[C@@H]3C)nc(OCCN3CC(F)(F)C3)nc2c1F. The average molecular weight is 598 g/mol. The Kier molecular flexibility index (Phi) is 7.77. The number of nitrogens with zero attached hydrogens (tertiary/aromatic N) is 5. The van der Waals surface area contributed by atoms with Gasteiger partial charge in [-0.25, -0.2) is 22.4 Å². The number of fused-ring (bicyclic) bond motifs is 1. The Bertz CT molecular complexity index is 1490. The number of carboxylic acid groups (broad SMARTS) is 1. The second-order valence-corrected chi connectivity index (χ2v) is 10.7. The van der Waals surface area contributed by atoms with Crippen LogP contribution in [0.2, 0.25) is 5.02 Å². The molecule has 2 saturated heterocycles. The van der Waals surface area contributed by atoms with Crippen molar-refractivity contribution in [1.82, 2.24) is 19.8 Å². The van der Waals surface area contributed by atoms with E-state index in [9.17, 15) is 23.1 Å². The second-order valence-electron chi connectivity index (χ2n) is 10.3. The molecule has 0 radical (unpaired) electrons. The van der Waals surface area contributed by atoms with E-state index in [0.29, 0.717) is 0 Å². The maximum absolute atomic E-state index is 16.3. The molecule has 0 saturated carbocycles. The van der Waals surface area contributed by atoms with Crippen molar-refractivity contribution in [2.75, 3.05) is 51.3 Å². The Morgan fingerprint density at radius 1 is 1.15 bits per heavy atom. The highest BCUT2D eigenvalue weighted by Crippen LogP contribution is 2.43. The van der Waals surface area contributed by atoms with Crippen LogP contribution in [-0.2, 0) is 0 Å². The molecule has 0 bridgehead atoms. The summed E-state index contributed by atoms with van der Waals surface area (Å²) in [6, 6.07) is 4.48. The van der Waals surface area contributed by atoms with Crippen LogP contribution < -0.4 is 14.4 Å². The fraction of sp³-hybridized carbons (Fsp3) is 0.444. The fourth-order valence-corrected chi connectivity index (χ4v) is 5.60. The van der Waals surface area contributed by atoms with Crippen LogP contribution in [0.15, 0.2) is 24.3 Å². The van der Waals surface area contributed by atoms with Crippen molar-refractivity contribution in [3.8, 4) is 22.9 Å². The quantitative estimate of drug-likeness (QED) is 0.374. The number of aromatic nitrogens is 2. The van der Waals surface area contributed by atoms with E-state index in [0.717, 1.165) is 6.07 Å². The lowest BCUT2D eigenvalue weighted by Crippen LogP contribution is -2.58. The van der Waals surface area contributed by atoms with E-state index in [2.05, 4.69) is 9.97 Å². The molecule has 2 fully saturated rings. The zero-order chi connectivity index (χ0) is 29.6. The van der Waals surface area contributed by atoms with E-state index in [4.69, 9.17) is 21.1 Å². The average Bonchev–Trinajstić information content (AvgIpc) is 2.89. The number of halogens is 5. The summed E-state index contributed by atoms with van der Waals surface area (Å²) >= 11 is 6.57. The van der Waals surface area contributed by atoms with Gasteiger partial charge in [-0.15, -0.1) is 0 Å². The van der Waals surface area contributed by atoms with E-state index in [1.807, 2.05) is 4.90 Å². The third-order valence-electron chi connectivity index (χ3n) is 7.34. The third-order valence-corrected chi connectivity index (χ3v) is 7.64. The van der Waals surface area contributed by atoms with Crippen LogP contribution >= 0.6 is 11.6 Å². The van der Waals surface area contributed by atoms with Gasteiger partial charge in [0.1, 0.15) is 29.5 Å². The van der Waals surface area contributed by atoms with E-state index < -0.39 is 29.7 Å². The molecule has 220 valence electrons. The van der Waals surface area contributed by atoms with Crippen LogP contribution in [-0.4, -0.2) is 95.4 Å². The van der Waals surface area contributed by atoms with Crippen molar-refractivity contribution in [2.24, 2.45) is 0 Å². The van der Waals surface area contributed by atoms with Crippen molar-refractivity contribution >= 4 is 34.4 Å². The first kappa shape index (κ1) is 28.9. The lowest BCUT2D eigenvalue weighted by molar-refractivity contribution is -0.132. The summed E-state index contributed by atoms with van der Waals surface area (Å²) in [7, 11) is 1.32. The number of likely N-dealkylation sites (tertiary alicyclic amines) is 1. The Morgan fingerprint density at radius 3 is 2.54 bits per heavy atom. The van der Waals surface area contributed by atoms with Gasteiger partial charge in [0, 0.05) is 42.7 Å². The molecule has 5 rings (SSSR count). The van der Waals surface area contributed by atoms with Gasteiger partial charge in [0.25, 0.3) is 5.92 Å². The molecule has 9 nitrogen and oxygen atoms in total. The van der Waals surface area contributed by atoms with Gasteiger partial charge in [0.2, 0.25) is 0 Å². The minimum Gasteiger partial charge on any atom is -0.496 e. The summed E-state index contributed by atoms with van der Waals surface area (Å²) in [5, 5.41) is 9.68. The van der Waals surface area contributed by atoms with Crippen molar-refractivity contribution in [1.29, 1.82) is 0 Å². The van der Waals surface area contributed by atoms with E-state index in [-0.39, 0.29) is 90.0 Å². The first-order chi connectivity index (χ1) is 19.4. The van der Waals surface area contributed by atoms with Gasteiger partial charge in [-0.2, -0.15) is 9.97 Å². The molecule has 1 aromatic heterocycles. The topological polar surface area (TPSA) is 91.3 Å². The van der Waals surface area contributed by atoms with Crippen LogP contribution in [0.1, 0.15) is 13.8 Å². The smallest absolute Gasteiger partial charge is 0.407 e. The molecule has 14 heteroatoms. The van der Waals surface area contributed by atoms with Crippen LogP contribution in [0.3, 0.4) is 0 Å². The molecule has 3 aromatic rings. The maximum Gasteiger partial charge on any atom is 0.407 e. The molecule has 2 aliphatic rings. The van der Waals surface area contributed by atoms with Crippen molar-refractivity contribution < 1.29 is 36.9 Å². The van der Waals surface area contributed by atoms with Crippen LogP contribution in [0.4, 0.5) is 28.2 Å². The number of piperazine rings is 1. The fourth-order valence-electron chi connectivity index (χ4n) is 5.31. The Labute approximate surface area is 238 Å². The summed E-state index contributed by atoms with van der Waals surface area (Å²) in [6.45, 7) is 3.30. The third kappa shape index (κ3) is 5.52. The molecule has 2 atom stereocenters. The summed E-state index contributed by atoms with van der Waals surface area (Å²) in [5.41, 5.74) is -0.645. The number of alkyl halides is 2. The predicted octanol–water partition coefficient (Wildman–Crippen LogP) is 5.14. The molecule has 2 aliphatic heterocycles. The molecular weight excluding hydrogens is 570 g/mol. The predicted molar refractivity (Wildman–Crippen MR) is 144 cm³/mol. The number of carbonyl (C=O) groups is 1. The molecule has 3 heterocycles. The first-order valence-electron chi connectivity index (χ1n) is 12.9. The number of methoxy groups -OCH3 is 1. The minimum absolute atomic E-state index is 0.0387. The highest BCUT2D eigenvalue weighted by atomic mass is 35.5. The summed E-state index contributed by atoms with van der Waals surface area (Å²) in [5.74, 6) is -4.11. The van der Waals surface area contributed by atoms with Gasteiger partial charge in [0.15, 0.2) is 5.82 Å². The number of ether oxygens (including phenoxy) is 2. The van der Waals surface area contributed by atoms with Gasteiger partial charge in [-0.1, -0.05) is 17.7 Å². The van der Waals surface area contributed by atoms with Crippen molar-refractivity contribution in [3.63, 3.8) is 0 Å². The molecule has 1 N–H and O–H groups in total. The summed E-state index contributed by atoms with van der Waals surface area (Å²) in [4.78, 5) is 25.1. The van der Waals surface area contributed by atoms with Gasteiger partial charge in [0.05, 0.1) is 30.8 Å². The van der Waals surface area contributed by atoms with E-state index in [1.54, 1.807) is 13.8 Å². The highest BCUT2D eigenvalue weighted by Gasteiger charge is 2.43. The number of benzene rings is 2. The van der Waals surface area contributed by atoms with Gasteiger partial charge in [-0.3, -0.25) is 4.90 Å². The minimum atomic E-state index is -2.73. The molecular formula is C27H28ClF4N5O4. The zero-order valence-corrected chi connectivity index (χ0v) is 23.3. The molecule has 0 aliphatic carbocycles. The number of hydrogen-bond acceptors (Lipinski definition) is 7. The lowest BCUT2D eigenvalue weighted by Gasteiger charge is -2.43. The van der Waals surface area contributed by atoms with E-state index in [1.165, 1.54) is 35.1 Å². The van der Waals surface area contributed by atoms with Crippen molar-refractivity contribution in [3.05, 3.63) is 40.9 Å². The van der Waals surface area contributed by atoms with Gasteiger partial charge < -0.3 is 24.4 Å². The Morgan fingerprint density at radius 2 is 1.88 bits per heavy atom. The van der Waals surface area contributed by atoms with Crippen LogP contribution in [0.5, 0.6) is 11.8 Å². The number of anilines is 1. The summed E-state index contributed by atoms with van der Waals surface area (Å²) in [6.07, 6.45) is -1.06. The first-order valence-corrected chi connectivity index (χ1v) is 13.3. The largest absolute Gasteiger partial charge is 0.496 e. The molecule has 0 unspecified atom stereocenters. The molecule has 1 amide bonds. The number of rotatable bonds is 7. The van der Waals surface area contributed by atoms with Crippen LogP contribution in [0, 0.1) is 11.6 Å². The maximum atomic E-state index is 16.3. The molecule has 0 spiro atoms. The van der Waals surface area contributed by atoms with E-state index >= 15 is 4.39 Å². The highest BCUT2D eigenvalue weighted by molar-refractivity contribution is 6.34. The van der Waals surface area contributed by atoms with Crippen LogP contribution in [0.25, 0.3) is 22.0 Å². The molecule has 2 aromatic carbocycles. The monoisotopic (exact) mass is 597 g/mol. The van der Waals surface area contributed by atoms with Crippen molar-refractivity contribution in [2.45, 2.75) is 31.9 Å².